The summed E-state index contributed by atoms with van der Waals surface area (Å²) in [4.78, 5) is 30.3. The third-order valence-corrected chi connectivity index (χ3v) is 3.23. The van der Waals surface area contributed by atoms with Crippen molar-refractivity contribution in [2.24, 2.45) is 0 Å². The Morgan fingerprint density at radius 1 is 1.24 bits per heavy atom. The fourth-order valence-corrected chi connectivity index (χ4v) is 1.95. The standard InChI is InChI=1S/C15H17FN6O3/c1-2-3-8-17-13-12(22(24)25)14(19-9-18-13)20-21-15(23)10-4-6-11(16)7-5-10/h4-7,9H,2-3,8H2,1H3,(H,21,23)(H2,17,18,19,20). The lowest BCUT2D eigenvalue weighted by Crippen LogP contribution is -2.30. The van der Waals surface area contributed by atoms with Crippen LogP contribution in [0.15, 0.2) is 30.6 Å². The number of rotatable bonds is 8. The number of anilines is 2. The average Bonchev–Trinajstić information content (AvgIpc) is 2.60. The SMILES string of the molecule is CCCCNc1ncnc(NNC(=O)c2ccc(F)cc2)c1[N+](=O)[O-]. The van der Waals surface area contributed by atoms with Gasteiger partial charge in [-0.1, -0.05) is 13.3 Å². The van der Waals surface area contributed by atoms with Crippen molar-refractivity contribution in [1.82, 2.24) is 15.4 Å². The Balaban J connectivity index is 2.12. The van der Waals surface area contributed by atoms with Gasteiger partial charge in [-0.25, -0.2) is 14.4 Å². The number of hydrogen-bond donors (Lipinski definition) is 3. The number of nitrogens with one attached hydrogen (secondary N) is 3. The molecule has 0 aliphatic heterocycles. The van der Waals surface area contributed by atoms with Crippen LogP contribution in [0.2, 0.25) is 0 Å². The number of carbonyl (C=O) groups excluding carboxylic acids is 1. The van der Waals surface area contributed by atoms with Gasteiger partial charge in [-0.15, -0.1) is 0 Å². The number of hydrogen-bond acceptors (Lipinski definition) is 7. The highest BCUT2D eigenvalue weighted by atomic mass is 19.1. The average molecular weight is 348 g/mol. The molecule has 0 bridgehead atoms. The first kappa shape index (κ1) is 18.0. The quantitative estimate of drug-likeness (QED) is 0.380. The number of benzene rings is 1. The highest BCUT2D eigenvalue weighted by Crippen LogP contribution is 2.28. The molecule has 1 amide bonds. The van der Waals surface area contributed by atoms with Gasteiger partial charge in [-0.3, -0.25) is 25.8 Å². The molecule has 3 N–H and O–H groups in total. The lowest BCUT2D eigenvalue weighted by Gasteiger charge is -2.10. The number of nitro groups is 1. The molecule has 0 aliphatic rings. The third-order valence-electron chi connectivity index (χ3n) is 3.23. The van der Waals surface area contributed by atoms with Gasteiger partial charge in [0.25, 0.3) is 5.91 Å². The number of hydrazine groups is 1. The highest BCUT2D eigenvalue weighted by Gasteiger charge is 2.23. The van der Waals surface area contributed by atoms with Crippen LogP contribution in [0.1, 0.15) is 30.1 Å². The first-order chi connectivity index (χ1) is 12.0. The number of unbranched alkanes of at least 4 members (excludes halogenated alkanes) is 1. The Kier molecular flexibility index (Phi) is 6.15. The lowest BCUT2D eigenvalue weighted by atomic mass is 10.2. The summed E-state index contributed by atoms with van der Waals surface area (Å²) in [7, 11) is 0. The summed E-state index contributed by atoms with van der Waals surface area (Å²) < 4.78 is 12.9. The number of halogens is 1. The van der Waals surface area contributed by atoms with Gasteiger partial charge in [0.1, 0.15) is 12.1 Å². The van der Waals surface area contributed by atoms with Gasteiger partial charge < -0.3 is 5.32 Å². The molecule has 0 fully saturated rings. The minimum Gasteiger partial charge on any atom is -0.364 e. The largest absolute Gasteiger partial charge is 0.364 e. The minimum absolute atomic E-state index is 0.0620. The number of aromatic nitrogens is 2. The van der Waals surface area contributed by atoms with Crippen LogP contribution in [0.4, 0.5) is 21.7 Å². The van der Waals surface area contributed by atoms with Crippen molar-refractivity contribution in [3.8, 4) is 0 Å². The Bertz CT molecular complexity index is 753. The maximum atomic E-state index is 12.9. The second-order valence-electron chi connectivity index (χ2n) is 5.04. The predicted molar refractivity (Wildman–Crippen MR) is 89.6 cm³/mol. The van der Waals surface area contributed by atoms with Gasteiger partial charge in [0.05, 0.1) is 4.92 Å². The monoisotopic (exact) mass is 348 g/mol. The second kappa shape index (κ2) is 8.52. The van der Waals surface area contributed by atoms with Crippen LogP contribution in [0.25, 0.3) is 0 Å². The molecule has 0 spiro atoms. The molecule has 1 heterocycles. The van der Waals surface area contributed by atoms with E-state index in [-0.39, 0.29) is 22.9 Å². The van der Waals surface area contributed by atoms with Gasteiger partial charge in [-0.2, -0.15) is 0 Å². The van der Waals surface area contributed by atoms with Crippen LogP contribution in [0, 0.1) is 15.9 Å². The molecule has 1 aromatic heterocycles. The molecule has 2 aromatic rings. The Morgan fingerprint density at radius 2 is 1.92 bits per heavy atom. The van der Waals surface area contributed by atoms with E-state index in [4.69, 9.17) is 0 Å². The van der Waals surface area contributed by atoms with E-state index in [9.17, 15) is 19.3 Å². The zero-order valence-corrected chi connectivity index (χ0v) is 13.5. The van der Waals surface area contributed by atoms with Crippen molar-refractivity contribution < 1.29 is 14.1 Å². The summed E-state index contributed by atoms with van der Waals surface area (Å²) >= 11 is 0. The van der Waals surface area contributed by atoms with Gasteiger partial charge in [-0.05, 0) is 30.7 Å². The normalized spacial score (nSPS) is 10.2. The smallest absolute Gasteiger partial charge is 0.354 e. The van der Waals surface area contributed by atoms with Crippen LogP contribution in [0.3, 0.4) is 0 Å². The Labute approximate surface area is 142 Å². The van der Waals surface area contributed by atoms with Crippen molar-refractivity contribution in [1.29, 1.82) is 0 Å². The topological polar surface area (TPSA) is 122 Å². The fraction of sp³-hybridized carbons (Fsp3) is 0.267. The highest BCUT2D eigenvalue weighted by molar-refractivity contribution is 5.95. The zero-order chi connectivity index (χ0) is 18.2. The molecule has 10 heteroatoms. The molecule has 1 aromatic carbocycles. The van der Waals surface area contributed by atoms with E-state index in [0.29, 0.717) is 6.54 Å². The van der Waals surface area contributed by atoms with Crippen LogP contribution >= 0.6 is 0 Å². The molecule has 9 nitrogen and oxygen atoms in total. The van der Waals surface area contributed by atoms with Crippen molar-refractivity contribution in [2.75, 3.05) is 17.3 Å². The van der Waals surface area contributed by atoms with E-state index in [0.717, 1.165) is 31.3 Å². The maximum Gasteiger partial charge on any atom is 0.354 e. The molecule has 2 rings (SSSR count). The number of amides is 1. The Morgan fingerprint density at radius 3 is 2.56 bits per heavy atom. The number of carbonyl (C=O) groups is 1. The van der Waals surface area contributed by atoms with E-state index in [2.05, 4.69) is 26.1 Å². The number of nitrogens with zero attached hydrogens (tertiary/aromatic N) is 3. The summed E-state index contributed by atoms with van der Waals surface area (Å²) in [6.07, 6.45) is 2.89. The molecule has 0 atom stereocenters. The molecular weight excluding hydrogens is 331 g/mol. The minimum atomic E-state index is -0.638. The zero-order valence-electron chi connectivity index (χ0n) is 13.5. The van der Waals surface area contributed by atoms with Gasteiger partial charge in [0, 0.05) is 12.1 Å². The van der Waals surface area contributed by atoms with E-state index in [1.165, 1.54) is 12.1 Å². The first-order valence-electron chi connectivity index (χ1n) is 7.58. The first-order valence-corrected chi connectivity index (χ1v) is 7.58. The lowest BCUT2D eigenvalue weighted by molar-refractivity contribution is -0.383. The van der Waals surface area contributed by atoms with Gasteiger partial charge >= 0.3 is 5.69 Å². The third kappa shape index (κ3) is 4.83. The van der Waals surface area contributed by atoms with Crippen LogP contribution in [0.5, 0.6) is 0 Å². The second-order valence-corrected chi connectivity index (χ2v) is 5.04. The predicted octanol–water partition coefficient (Wildman–Crippen LogP) is 2.49. The molecule has 0 saturated carbocycles. The molecule has 0 unspecified atom stereocenters. The Hall–Kier alpha value is -3.30. The maximum absolute atomic E-state index is 12.9. The molecular formula is C15H17FN6O3. The summed E-state index contributed by atoms with van der Waals surface area (Å²) in [6, 6.07) is 4.85. The molecule has 25 heavy (non-hydrogen) atoms. The van der Waals surface area contributed by atoms with E-state index >= 15 is 0 Å². The van der Waals surface area contributed by atoms with Crippen molar-refractivity contribution >= 4 is 23.2 Å². The van der Waals surface area contributed by atoms with Crippen molar-refractivity contribution in [3.05, 3.63) is 52.1 Å². The van der Waals surface area contributed by atoms with Crippen molar-refractivity contribution in [3.63, 3.8) is 0 Å². The fourth-order valence-electron chi connectivity index (χ4n) is 1.95. The molecule has 132 valence electrons. The summed E-state index contributed by atoms with van der Waals surface area (Å²) in [6.45, 7) is 2.52. The van der Waals surface area contributed by atoms with Gasteiger partial charge in [0.15, 0.2) is 0 Å². The summed E-state index contributed by atoms with van der Waals surface area (Å²) in [5.41, 5.74) is 4.51. The van der Waals surface area contributed by atoms with E-state index in [1.807, 2.05) is 6.92 Å². The van der Waals surface area contributed by atoms with Gasteiger partial charge in [0.2, 0.25) is 11.6 Å². The van der Waals surface area contributed by atoms with Crippen LogP contribution in [-0.4, -0.2) is 27.3 Å². The molecule has 0 radical (unpaired) electrons. The van der Waals surface area contributed by atoms with E-state index < -0.39 is 16.6 Å². The summed E-state index contributed by atoms with van der Waals surface area (Å²) in [5, 5.41) is 14.2. The van der Waals surface area contributed by atoms with Crippen LogP contribution in [-0.2, 0) is 0 Å². The van der Waals surface area contributed by atoms with Crippen molar-refractivity contribution in [2.45, 2.75) is 19.8 Å². The molecule has 0 saturated heterocycles. The summed E-state index contributed by atoms with van der Waals surface area (Å²) in [5.74, 6) is -1.16. The van der Waals surface area contributed by atoms with E-state index in [1.54, 1.807) is 0 Å². The van der Waals surface area contributed by atoms with Crippen LogP contribution < -0.4 is 16.2 Å². The molecule has 0 aliphatic carbocycles.